The van der Waals surface area contributed by atoms with Crippen molar-refractivity contribution in [3.8, 4) is 17.0 Å². The number of aromatic nitrogens is 1. The number of rotatable bonds is 11. The Bertz CT molecular complexity index is 1180. The summed E-state index contributed by atoms with van der Waals surface area (Å²) in [4.78, 5) is 4.53. The predicted molar refractivity (Wildman–Crippen MR) is 139 cm³/mol. The largest absolute Gasteiger partial charge is 0.489 e. The van der Waals surface area contributed by atoms with Gasteiger partial charge < -0.3 is 19.3 Å². The third kappa shape index (κ3) is 6.62. The van der Waals surface area contributed by atoms with Crippen LogP contribution in [0.2, 0.25) is 0 Å². The van der Waals surface area contributed by atoms with Crippen LogP contribution in [0.25, 0.3) is 11.1 Å². The fourth-order valence-corrected chi connectivity index (χ4v) is 4.74. The number of aliphatic hydroxyl groups is 1. The molecule has 1 heterocycles. The number of benzene rings is 1. The number of fused-ring (bicyclic) bond motifs is 1. The normalized spacial score (nSPS) is 21.1. The van der Waals surface area contributed by atoms with Crippen LogP contribution in [0.1, 0.15) is 44.9 Å². The Kier molecular flexibility index (Phi) is 7.96. The van der Waals surface area contributed by atoms with E-state index in [1.165, 1.54) is 23.6 Å². The van der Waals surface area contributed by atoms with E-state index in [0.717, 1.165) is 29.2 Å². The number of hydrogen-bond donors (Lipinski definition) is 1. The minimum absolute atomic E-state index is 0.110. The maximum absolute atomic E-state index is 14.6. The molecule has 0 amide bonds. The monoisotopic (exact) mass is 493 g/mol. The summed E-state index contributed by atoms with van der Waals surface area (Å²) in [6, 6.07) is 8.71. The molecule has 2 fully saturated rings. The average molecular weight is 494 g/mol. The van der Waals surface area contributed by atoms with E-state index in [1.54, 1.807) is 32.0 Å². The summed E-state index contributed by atoms with van der Waals surface area (Å²) < 4.78 is 31.5. The minimum Gasteiger partial charge on any atom is -0.489 e. The zero-order valence-corrected chi connectivity index (χ0v) is 21.6. The number of pyridine rings is 1. The van der Waals surface area contributed by atoms with E-state index in [4.69, 9.17) is 14.2 Å². The number of hydrogen-bond acceptors (Lipinski definition) is 5. The van der Waals surface area contributed by atoms with Gasteiger partial charge in [-0.3, -0.25) is 0 Å². The number of halogens is 1. The highest BCUT2D eigenvalue weighted by molar-refractivity contribution is 5.67. The van der Waals surface area contributed by atoms with Gasteiger partial charge in [0.1, 0.15) is 24.8 Å². The SMILES string of the molecule is C=C(/C=C1/CC2CC2/C1=C/C)OCc1cc(-c2ccc(OCCOCC(C)(C)O)nc2C)ccc1F. The van der Waals surface area contributed by atoms with Gasteiger partial charge in [-0.1, -0.05) is 18.7 Å². The molecule has 0 saturated heterocycles. The molecule has 2 aliphatic carbocycles. The zero-order chi connectivity index (χ0) is 25.9. The van der Waals surface area contributed by atoms with Crippen molar-refractivity contribution >= 4 is 0 Å². The van der Waals surface area contributed by atoms with E-state index in [-0.39, 0.29) is 19.0 Å². The molecule has 2 atom stereocenters. The second-order valence-corrected chi connectivity index (χ2v) is 10.3. The lowest BCUT2D eigenvalue weighted by atomic mass is 10.0. The van der Waals surface area contributed by atoms with Gasteiger partial charge in [-0.15, -0.1) is 0 Å². The van der Waals surface area contributed by atoms with Crippen molar-refractivity contribution in [1.82, 2.24) is 4.98 Å². The van der Waals surface area contributed by atoms with Crippen molar-refractivity contribution in [2.75, 3.05) is 19.8 Å². The van der Waals surface area contributed by atoms with Gasteiger partial charge in [0.25, 0.3) is 0 Å². The molecule has 6 heteroatoms. The third-order valence-electron chi connectivity index (χ3n) is 6.58. The van der Waals surface area contributed by atoms with Gasteiger partial charge in [0.05, 0.1) is 18.8 Å². The first-order chi connectivity index (χ1) is 17.1. The molecule has 36 heavy (non-hydrogen) atoms. The number of nitrogens with zero attached hydrogens (tertiary/aromatic N) is 1. The molecule has 0 radical (unpaired) electrons. The number of ether oxygens (including phenoxy) is 3. The van der Waals surface area contributed by atoms with Crippen LogP contribution in [-0.2, 0) is 16.1 Å². The lowest BCUT2D eigenvalue weighted by molar-refractivity contribution is -0.0273. The molecule has 1 N–H and O–H groups in total. The molecule has 2 aromatic rings. The van der Waals surface area contributed by atoms with E-state index >= 15 is 0 Å². The van der Waals surface area contributed by atoms with Gasteiger partial charge in [0, 0.05) is 22.9 Å². The molecular weight excluding hydrogens is 457 g/mol. The van der Waals surface area contributed by atoms with Gasteiger partial charge in [-0.05, 0) is 93.4 Å². The van der Waals surface area contributed by atoms with Crippen molar-refractivity contribution in [3.63, 3.8) is 0 Å². The minimum atomic E-state index is -0.869. The van der Waals surface area contributed by atoms with Crippen LogP contribution < -0.4 is 4.74 Å². The van der Waals surface area contributed by atoms with Crippen molar-refractivity contribution in [2.45, 2.75) is 52.7 Å². The van der Waals surface area contributed by atoms with Gasteiger partial charge >= 0.3 is 0 Å². The Hall–Kier alpha value is -2.96. The second-order valence-electron chi connectivity index (χ2n) is 10.3. The van der Waals surface area contributed by atoms with Crippen LogP contribution in [-0.4, -0.2) is 35.5 Å². The van der Waals surface area contributed by atoms with E-state index in [2.05, 4.69) is 24.6 Å². The molecule has 2 unspecified atom stereocenters. The highest BCUT2D eigenvalue weighted by atomic mass is 19.1. The van der Waals surface area contributed by atoms with Crippen LogP contribution in [0.3, 0.4) is 0 Å². The van der Waals surface area contributed by atoms with Gasteiger partial charge in [0.2, 0.25) is 5.88 Å². The van der Waals surface area contributed by atoms with E-state index in [0.29, 0.717) is 36.3 Å². The third-order valence-corrected chi connectivity index (χ3v) is 6.58. The van der Waals surface area contributed by atoms with Crippen LogP contribution in [0.5, 0.6) is 5.88 Å². The maximum Gasteiger partial charge on any atom is 0.213 e. The molecule has 192 valence electrons. The lowest BCUT2D eigenvalue weighted by Crippen LogP contribution is -2.27. The molecule has 4 rings (SSSR count). The Morgan fingerprint density at radius 3 is 2.78 bits per heavy atom. The van der Waals surface area contributed by atoms with E-state index in [9.17, 15) is 9.50 Å². The van der Waals surface area contributed by atoms with Gasteiger partial charge in [0.15, 0.2) is 0 Å². The summed E-state index contributed by atoms with van der Waals surface area (Å²) in [5.74, 6) is 2.23. The van der Waals surface area contributed by atoms with Crippen molar-refractivity contribution in [2.24, 2.45) is 11.8 Å². The quantitative estimate of drug-likeness (QED) is 0.294. The first-order valence-electron chi connectivity index (χ1n) is 12.5. The summed E-state index contributed by atoms with van der Waals surface area (Å²) in [6.45, 7) is 12.4. The number of allylic oxidation sites excluding steroid dienone is 4. The highest BCUT2D eigenvalue weighted by Crippen LogP contribution is 2.57. The summed E-state index contributed by atoms with van der Waals surface area (Å²) in [5.41, 5.74) is 4.83. The van der Waals surface area contributed by atoms with Gasteiger partial charge in [-0.2, -0.15) is 0 Å². The summed E-state index contributed by atoms with van der Waals surface area (Å²) in [6.07, 6.45) is 6.57. The molecular formula is C30H36FNO4. The molecule has 0 spiro atoms. The molecule has 2 saturated carbocycles. The molecule has 1 aromatic carbocycles. The first-order valence-corrected chi connectivity index (χ1v) is 12.5. The first kappa shape index (κ1) is 26.1. The van der Waals surface area contributed by atoms with Gasteiger partial charge in [-0.25, -0.2) is 9.37 Å². The average Bonchev–Trinajstić information content (AvgIpc) is 3.49. The number of aryl methyl sites for hydroxylation is 1. The molecule has 0 bridgehead atoms. The topological polar surface area (TPSA) is 60.8 Å². The van der Waals surface area contributed by atoms with Crippen LogP contribution in [0.15, 0.2) is 66.0 Å². The van der Waals surface area contributed by atoms with E-state index < -0.39 is 5.60 Å². The molecule has 2 aliphatic rings. The predicted octanol–water partition coefficient (Wildman–Crippen LogP) is 6.31. The van der Waals surface area contributed by atoms with Crippen molar-refractivity contribution in [3.05, 3.63) is 83.0 Å². The Morgan fingerprint density at radius 1 is 1.25 bits per heavy atom. The van der Waals surface area contributed by atoms with Crippen LogP contribution in [0.4, 0.5) is 4.39 Å². The fourth-order valence-electron chi connectivity index (χ4n) is 4.74. The molecule has 0 aliphatic heterocycles. The smallest absolute Gasteiger partial charge is 0.213 e. The Labute approximate surface area is 213 Å². The fraction of sp³-hybridized carbons (Fsp3) is 0.433. The van der Waals surface area contributed by atoms with Crippen LogP contribution in [0, 0.1) is 24.6 Å². The summed E-state index contributed by atoms with van der Waals surface area (Å²) in [5, 5.41) is 9.67. The standard InChI is InChI=1S/C30H36FNO4/c1-6-25-22(15-23-16-27(23)25)13-19(2)36-17-24-14-21(7-9-28(24)31)26-8-10-29(32-20(26)3)35-12-11-34-18-30(4,5)33/h6-10,13-14,23,27,33H,2,11-12,15-18H2,1,3-5H3/b22-13-,25-6+. The molecule has 1 aromatic heterocycles. The lowest BCUT2D eigenvalue weighted by Gasteiger charge is -2.17. The molecule has 5 nitrogen and oxygen atoms in total. The second kappa shape index (κ2) is 11.0. The highest BCUT2D eigenvalue weighted by Gasteiger charge is 2.46. The zero-order valence-electron chi connectivity index (χ0n) is 21.6. The maximum atomic E-state index is 14.6. The van der Waals surface area contributed by atoms with Crippen molar-refractivity contribution < 1.29 is 23.7 Å². The summed E-state index contributed by atoms with van der Waals surface area (Å²) in [7, 11) is 0. The van der Waals surface area contributed by atoms with E-state index in [1.807, 2.05) is 19.1 Å². The Morgan fingerprint density at radius 2 is 2.06 bits per heavy atom. The summed E-state index contributed by atoms with van der Waals surface area (Å²) >= 11 is 0. The van der Waals surface area contributed by atoms with Crippen LogP contribution >= 0.6 is 0 Å². The Balaban J connectivity index is 1.35. The van der Waals surface area contributed by atoms with Crippen molar-refractivity contribution in [1.29, 1.82) is 0 Å².